The summed E-state index contributed by atoms with van der Waals surface area (Å²) in [4.78, 5) is 26.5. The molecule has 1 aromatic heterocycles. The Kier molecular flexibility index (Phi) is 4.40. The monoisotopic (exact) mass is 358 g/mol. The van der Waals surface area contributed by atoms with Gasteiger partial charge in [-0.3, -0.25) is 9.59 Å². The van der Waals surface area contributed by atoms with E-state index in [1.54, 1.807) is 11.6 Å². The molecule has 3 aromatic rings. The lowest BCUT2D eigenvalue weighted by atomic mass is 9.96. The summed E-state index contributed by atoms with van der Waals surface area (Å²) in [6.07, 6.45) is 3.16. The number of rotatable bonds is 3. The maximum atomic E-state index is 12.6. The lowest BCUT2D eigenvalue weighted by Gasteiger charge is -2.30. The quantitative estimate of drug-likeness (QED) is 0.714. The molecule has 27 heavy (non-hydrogen) atoms. The summed E-state index contributed by atoms with van der Waals surface area (Å²) >= 11 is 0. The van der Waals surface area contributed by atoms with Crippen molar-refractivity contribution in [3.05, 3.63) is 87.8 Å². The number of pyridine rings is 1. The van der Waals surface area contributed by atoms with Gasteiger partial charge in [0.05, 0.1) is 6.54 Å². The van der Waals surface area contributed by atoms with Crippen LogP contribution in [-0.2, 0) is 24.8 Å². The van der Waals surface area contributed by atoms with Crippen LogP contribution >= 0.6 is 0 Å². The predicted molar refractivity (Wildman–Crippen MR) is 108 cm³/mol. The highest BCUT2D eigenvalue weighted by Gasteiger charge is 2.24. The summed E-state index contributed by atoms with van der Waals surface area (Å²) in [7, 11) is 1.77. The van der Waals surface area contributed by atoms with Gasteiger partial charge in [0.25, 0.3) is 5.56 Å². The van der Waals surface area contributed by atoms with Crippen molar-refractivity contribution in [1.29, 1.82) is 0 Å². The van der Waals surface area contributed by atoms with E-state index in [1.807, 2.05) is 54.4 Å². The minimum atomic E-state index is 0.0117. The lowest BCUT2D eigenvalue weighted by Crippen LogP contribution is -2.34. The van der Waals surface area contributed by atoms with Crippen LogP contribution < -0.4 is 10.5 Å². The van der Waals surface area contributed by atoms with Crippen molar-refractivity contribution in [3.8, 4) is 11.1 Å². The fourth-order valence-corrected chi connectivity index (χ4v) is 3.69. The fraction of sp³-hybridized carbons (Fsp3) is 0.217. The first kappa shape index (κ1) is 17.3. The van der Waals surface area contributed by atoms with Crippen LogP contribution in [0.25, 0.3) is 11.1 Å². The molecule has 1 aliphatic heterocycles. The lowest BCUT2D eigenvalue weighted by molar-refractivity contribution is -0.119. The largest absolute Gasteiger partial charge is 0.318 e. The highest BCUT2D eigenvalue weighted by molar-refractivity contribution is 5.97. The van der Waals surface area contributed by atoms with E-state index in [1.165, 1.54) is 5.56 Å². The number of amides is 1. The van der Waals surface area contributed by atoms with Gasteiger partial charge in [-0.15, -0.1) is 0 Å². The van der Waals surface area contributed by atoms with Crippen LogP contribution in [0.15, 0.2) is 65.6 Å². The summed E-state index contributed by atoms with van der Waals surface area (Å²) in [6.45, 7) is 2.40. The van der Waals surface area contributed by atoms with Crippen molar-refractivity contribution in [1.82, 2.24) is 4.57 Å². The second-order valence-corrected chi connectivity index (χ2v) is 7.14. The van der Waals surface area contributed by atoms with E-state index < -0.39 is 0 Å². The molecule has 0 aliphatic carbocycles. The van der Waals surface area contributed by atoms with Gasteiger partial charge in [-0.25, -0.2) is 0 Å². The average molecular weight is 358 g/mol. The maximum Gasteiger partial charge on any atom is 0.253 e. The van der Waals surface area contributed by atoms with Gasteiger partial charge < -0.3 is 9.47 Å². The Morgan fingerprint density at radius 2 is 1.70 bits per heavy atom. The molecule has 0 N–H and O–H groups in total. The van der Waals surface area contributed by atoms with Crippen molar-refractivity contribution < 1.29 is 4.79 Å². The first-order valence-corrected chi connectivity index (χ1v) is 9.18. The zero-order valence-electron chi connectivity index (χ0n) is 15.6. The van der Waals surface area contributed by atoms with E-state index in [9.17, 15) is 9.59 Å². The van der Waals surface area contributed by atoms with E-state index in [0.717, 1.165) is 28.8 Å². The molecule has 136 valence electrons. The van der Waals surface area contributed by atoms with E-state index in [-0.39, 0.29) is 11.5 Å². The topological polar surface area (TPSA) is 42.3 Å². The van der Waals surface area contributed by atoms with Gasteiger partial charge in [-0.05, 0) is 47.7 Å². The summed E-state index contributed by atoms with van der Waals surface area (Å²) in [5, 5.41) is 0. The van der Waals surface area contributed by atoms with Crippen LogP contribution in [0, 0.1) is 6.92 Å². The third kappa shape index (κ3) is 3.31. The summed E-state index contributed by atoms with van der Waals surface area (Å²) < 4.78 is 1.61. The molecule has 2 aromatic carbocycles. The van der Waals surface area contributed by atoms with Gasteiger partial charge in [0, 0.05) is 30.9 Å². The standard InChI is InChI=1S/C23H22N2O2/c1-16-12-20(15-24(2)23(16)27)19-9-8-18-10-11-22(26)25(21(18)13-19)14-17-6-4-3-5-7-17/h3-9,12-13,15H,10-11,14H2,1-2H3. The molecule has 0 saturated carbocycles. The molecule has 0 atom stereocenters. The molecule has 2 heterocycles. The normalized spacial score (nSPS) is 13.6. The van der Waals surface area contributed by atoms with E-state index in [2.05, 4.69) is 18.2 Å². The molecule has 0 bridgehead atoms. The van der Waals surface area contributed by atoms with Gasteiger partial charge in [0.1, 0.15) is 0 Å². The van der Waals surface area contributed by atoms with Gasteiger partial charge in [0.15, 0.2) is 0 Å². The zero-order valence-corrected chi connectivity index (χ0v) is 15.6. The fourth-order valence-electron chi connectivity index (χ4n) is 3.69. The van der Waals surface area contributed by atoms with Crippen LogP contribution in [0.1, 0.15) is 23.1 Å². The van der Waals surface area contributed by atoms with E-state index >= 15 is 0 Å². The highest BCUT2D eigenvalue weighted by Crippen LogP contribution is 2.33. The molecule has 0 unspecified atom stereocenters. The number of hydrogen-bond donors (Lipinski definition) is 0. The third-order valence-electron chi connectivity index (χ3n) is 5.16. The molecule has 4 rings (SSSR count). The van der Waals surface area contributed by atoms with Crippen LogP contribution in [0.3, 0.4) is 0 Å². The number of anilines is 1. The average Bonchev–Trinajstić information content (AvgIpc) is 2.68. The maximum absolute atomic E-state index is 12.6. The second-order valence-electron chi connectivity index (χ2n) is 7.14. The molecular weight excluding hydrogens is 336 g/mol. The second kappa shape index (κ2) is 6.88. The number of carbonyl (C=O) groups is 1. The first-order valence-electron chi connectivity index (χ1n) is 9.18. The van der Waals surface area contributed by atoms with Crippen LogP contribution in [0.5, 0.6) is 0 Å². The van der Waals surface area contributed by atoms with Gasteiger partial charge in [-0.2, -0.15) is 0 Å². The van der Waals surface area contributed by atoms with E-state index in [4.69, 9.17) is 0 Å². The van der Waals surface area contributed by atoms with Gasteiger partial charge in [0.2, 0.25) is 5.91 Å². The van der Waals surface area contributed by atoms with Gasteiger partial charge in [-0.1, -0.05) is 42.5 Å². The SMILES string of the molecule is Cc1cc(-c2ccc3c(c2)N(Cc2ccccc2)C(=O)CC3)cn(C)c1=O. The predicted octanol–water partition coefficient (Wildman–Crippen LogP) is 3.84. The van der Waals surface area contributed by atoms with Gasteiger partial charge >= 0.3 is 0 Å². The molecule has 4 heteroatoms. The number of hydrogen-bond acceptors (Lipinski definition) is 2. The summed E-state index contributed by atoms with van der Waals surface area (Å²) in [5.74, 6) is 0.153. The number of nitrogens with zero attached hydrogens (tertiary/aromatic N) is 2. The van der Waals surface area contributed by atoms with Crippen molar-refractivity contribution in [2.24, 2.45) is 7.05 Å². The molecular formula is C23H22N2O2. The Bertz CT molecular complexity index is 1040. The van der Waals surface area contributed by atoms with Crippen molar-refractivity contribution in [2.75, 3.05) is 4.90 Å². The Labute approximate surface area is 158 Å². The van der Waals surface area contributed by atoms with Crippen molar-refractivity contribution in [3.63, 3.8) is 0 Å². The molecule has 1 amide bonds. The first-order chi connectivity index (χ1) is 13.0. The Hall–Kier alpha value is -3.14. The number of aromatic nitrogens is 1. The number of benzene rings is 2. The molecule has 0 fully saturated rings. The third-order valence-corrected chi connectivity index (χ3v) is 5.16. The highest BCUT2D eigenvalue weighted by atomic mass is 16.2. The van der Waals surface area contributed by atoms with Crippen LogP contribution in [-0.4, -0.2) is 10.5 Å². The molecule has 0 radical (unpaired) electrons. The minimum absolute atomic E-state index is 0.0117. The number of aryl methyl sites for hydroxylation is 3. The molecule has 0 spiro atoms. The van der Waals surface area contributed by atoms with Crippen LogP contribution in [0.4, 0.5) is 5.69 Å². The Morgan fingerprint density at radius 3 is 2.44 bits per heavy atom. The minimum Gasteiger partial charge on any atom is -0.318 e. The van der Waals surface area contributed by atoms with Crippen LogP contribution in [0.2, 0.25) is 0 Å². The number of carbonyl (C=O) groups excluding carboxylic acids is 1. The molecule has 1 aliphatic rings. The molecule has 4 nitrogen and oxygen atoms in total. The zero-order chi connectivity index (χ0) is 19.0. The Balaban J connectivity index is 1.77. The smallest absolute Gasteiger partial charge is 0.253 e. The van der Waals surface area contributed by atoms with E-state index in [0.29, 0.717) is 18.5 Å². The van der Waals surface area contributed by atoms with Crippen molar-refractivity contribution >= 4 is 11.6 Å². The molecule has 0 saturated heterocycles. The Morgan fingerprint density at radius 1 is 0.926 bits per heavy atom. The van der Waals surface area contributed by atoms with Crippen molar-refractivity contribution in [2.45, 2.75) is 26.3 Å². The summed E-state index contributed by atoms with van der Waals surface area (Å²) in [5.41, 5.74) is 6.00. The summed E-state index contributed by atoms with van der Waals surface area (Å²) in [6, 6.07) is 18.2. The number of fused-ring (bicyclic) bond motifs is 1.